The number of para-hydroxylation sites is 1. The van der Waals surface area contributed by atoms with E-state index in [-0.39, 0.29) is 17.6 Å². The zero-order valence-corrected chi connectivity index (χ0v) is 22.2. The summed E-state index contributed by atoms with van der Waals surface area (Å²) in [6, 6.07) is 6.88. The van der Waals surface area contributed by atoms with E-state index in [1.165, 1.54) is 45.2 Å². The van der Waals surface area contributed by atoms with Crippen molar-refractivity contribution in [3.8, 4) is 28.7 Å². The van der Waals surface area contributed by atoms with E-state index in [1.54, 1.807) is 42.2 Å². The lowest BCUT2D eigenvalue weighted by molar-refractivity contribution is 0.0950. The van der Waals surface area contributed by atoms with Crippen LogP contribution in [-0.4, -0.2) is 69.5 Å². The lowest BCUT2D eigenvalue weighted by atomic mass is 10.2. The molecule has 3 aromatic heterocycles. The lowest BCUT2D eigenvalue weighted by Crippen LogP contribution is -2.33. The first-order chi connectivity index (χ1) is 17.7. The van der Waals surface area contributed by atoms with E-state index < -0.39 is 21.4 Å². The van der Waals surface area contributed by atoms with Gasteiger partial charge < -0.3 is 14.2 Å². The standard InChI is InChI=1S/C22H25ClN8O5S/c1-13(19(36-5)20-24-11-14(23)12-25-20)37(32,33)29-22-27-26-21(15-9-10-30(2)28-15)31(22)18-16(34-3)7-6-8-17(18)35-4/h6-13,19H,1-5H3,(H,27,29)/t13-,19-/m1/s1. The minimum Gasteiger partial charge on any atom is -0.494 e. The number of sulfonamides is 1. The molecular formula is C22H25ClN8O5S. The molecule has 0 fully saturated rings. The number of nitrogens with one attached hydrogen (secondary N) is 1. The molecular weight excluding hydrogens is 524 g/mol. The molecule has 0 aliphatic heterocycles. The summed E-state index contributed by atoms with van der Waals surface area (Å²) in [5, 5.41) is 11.9. The maximum atomic E-state index is 13.5. The molecule has 196 valence electrons. The molecule has 0 aliphatic carbocycles. The maximum absolute atomic E-state index is 13.5. The molecule has 2 atom stereocenters. The number of hydrogen-bond acceptors (Lipinski definition) is 10. The molecule has 0 unspecified atom stereocenters. The molecule has 1 N–H and O–H groups in total. The summed E-state index contributed by atoms with van der Waals surface area (Å²) in [5.41, 5.74) is 0.832. The SMILES string of the molecule is COc1cccc(OC)c1-n1c(NS(=O)(=O)[C@H](C)[C@@H](OC)c2ncc(Cl)cn2)nnc1-c1ccn(C)n1. The van der Waals surface area contributed by atoms with E-state index in [1.807, 2.05) is 0 Å². The van der Waals surface area contributed by atoms with Crippen molar-refractivity contribution < 1.29 is 22.6 Å². The molecule has 37 heavy (non-hydrogen) atoms. The topological polar surface area (TPSA) is 148 Å². The minimum atomic E-state index is -4.13. The van der Waals surface area contributed by atoms with Crippen LogP contribution in [0.25, 0.3) is 17.2 Å². The van der Waals surface area contributed by atoms with Gasteiger partial charge in [-0.1, -0.05) is 17.7 Å². The molecule has 3 heterocycles. The van der Waals surface area contributed by atoms with Gasteiger partial charge in [-0.25, -0.2) is 18.4 Å². The number of anilines is 1. The van der Waals surface area contributed by atoms with Gasteiger partial charge in [0.25, 0.3) is 0 Å². The normalized spacial score (nSPS) is 13.2. The number of nitrogens with zero attached hydrogens (tertiary/aromatic N) is 7. The van der Waals surface area contributed by atoms with Gasteiger partial charge in [0.15, 0.2) is 11.6 Å². The van der Waals surface area contributed by atoms with Crippen LogP contribution in [0.5, 0.6) is 11.5 Å². The van der Waals surface area contributed by atoms with Gasteiger partial charge in [0.2, 0.25) is 16.0 Å². The van der Waals surface area contributed by atoms with Crippen LogP contribution in [0.1, 0.15) is 18.9 Å². The molecule has 13 nitrogen and oxygen atoms in total. The molecule has 0 spiro atoms. The molecule has 4 aromatic rings. The van der Waals surface area contributed by atoms with E-state index in [0.29, 0.717) is 27.9 Å². The monoisotopic (exact) mass is 548 g/mol. The maximum Gasteiger partial charge on any atom is 0.243 e. The van der Waals surface area contributed by atoms with Crippen molar-refractivity contribution in [1.29, 1.82) is 0 Å². The number of halogens is 1. The lowest BCUT2D eigenvalue weighted by Gasteiger charge is -2.22. The van der Waals surface area contributed by atoms with Crippen molar-refractivity contribution in [3.63, 3.8) is 0 Å². The number of aryl methyl sites for hydroxylation is 1. The largest absolute Gasteiger partial charge is 0.494 e. The second-order valence-electron chi connectivity index (χ2n) is 7.84. The van der Waals surface area contributed by atoms with Gasteiger partial charge in [-0.2, -0.15) is 5.10 Å². The minimum absolute atomic E-state index is 0.109. The summed E-state index contributed by atoms with van der Waals surface area (Å²) in [5.74, 6) is 1.11. The van der Waals surface area contributed by atoms with Crippen LogP contribution in [-0.2, 0) is 21.8 Å². The fourth-order valence-corrected chi connectivity index (χ4v) is 4.90. The zero-order valence-electron chi connectivity index (χ0n) is 20.7. The molecule has 0 radical (unpaired) electrons. The van der Waals surface area contributed by atoms with Gasteiger partial charge >= 0.3 is 0 Å². The Labute approximate surface area is 218 Å². The van der Waals surface area contributed by atoms with Gasteiger partial charge in [-0.3, -0.25) is 14.0 Å². The molecule has 1 aromatic carbocycles. The third-order valence-corrected chi connectivity index (χ3v) is 7.42. The number of aromatic nitrogens is 7. The molecule has 0 aliphatic rings. The Balaban J connectivity index is 1.82. The molecule has 15 heteroatoms. The average molecular weight is 549 g/mol. The number of ether oxygens (including phenoxy) is 3. The Morgan fingerprint density at radius 1 is 1.03 bits per heavy atom. The Kier molecular flexibility index (Phi) is 7.61. The Bertz CT molecular complexity index is 1470. The van der Waals surface area contributed by atoms with Crippen LogP contribution in [0, 0.1) is 0 Å². The predicted molar refractivity (Wildman–Crippen MR) is 135 cm³/mol. The summed E-state index contributed by atoms with van der Waals surface area (Å²) in [7, 11) is 1.97. The van der Waals surface area contributed by atoms with Crippen molar-refractivity contribution in [2.45, 2.75) is 18.3 Å². The van der Waals surface area contributed by atoms with Gasteiger partial charge in [0, 0.05) is 32.7 Å². The van der Waals surface area contributed by atoms with E-state index in [4.69, 9.17) is 25.8 Å². The zero-order chi connectivity index (χ0) is 26.7. The average Bonchev–Trinajstić information content (AvgIpc) is 3.50. The van der Waals surface area contributed by atoms with Crippen molar-refractivity contribution in [3.05, 3.63) is 53.7 Å². The molecule has 0 amide bonds. The fraction of sp³-hybridized carbons (Fsp3) is 0.318. The van der Waals surface area contributed by atoms with Crippen LogP contribution in [0.15, 0.2) is 42.9 Å². The highest BCUT2D eigenvalue weighted by Gasteiger charge is 2.35. The van der Waals surface area contributed by atoms with E-state index in [0.717, 1.165) is 0 Å². The van der Waals surface area contributed by atoms with E-state index >= 15 is 0 Å². The van der Waals surface area contributed by atoms with Crippen LogP contribution in [0.4, 0.5) is 5.95 Å². The summed E-state index contributed by atoms with van der Waals surface area (Å²) in [6.45, 7) is 1.47. The van der Waals surface area contributed by atoms with Crippen molar-refractivity contribution in [2.24, 2.45) is 7.05 Å². The Morgan fingerprint density at radius 2 is 1.68 bits per heavy atom. The first-order valence-corrected chi connectivity index (χ1v) is 12.8. The number of methoxy groups -OCH3 is 3. The molecule has 0 bridgehead atoms. The van der Waals surface area contributed by atoms with Crippen LogP contribution >= 0.6 is 11.6 Å². The van der Waals surface area contributed by atoms with Gasteiger partial charge in [0.05, 0.1) is 19.2 Å². The van der Waals surface area contributed by atoms with Crippen LogP contribution in [0.2, 0.25) is 5.02 Å². The highest BCUT2D eigenvalue weighted by Crippen LogP contribution is 2.37. The predicted octanol–water partition coefficient (Wildman–Crippen LogP) is 2.65. The smallest absolute Gasteiger partial charge is 0.243 e. The summed E-state index contributed by atoms with van der Waals surface area (Å²) < 4.78 is 49.3. The van der Waals surface area contributed by atoms with Crippen LogP contribution < -0.4 is 14.2 Å². The van der Waals surface area contributed by atoms with Gasteiger partial charge in [-0.05, 0) is 25.1 Å². The first kappa shape index (κ1) is 26.3. The first-order valence-electron chi connectivity index (χ1n) is 10.9. The van der Waals surface area contributed by atoms with E-state index in [9.17, 15) is 8.42 Å². The van der Waals surface area contributed by atoms with Crippen molar-refractivity contribution in [2.75, 3.05) is 26.1 Å². The second-order valence-corrected chi connectivity index (χ2v) is 10.3. The Morgan fingerprint density at radius 3 is 2.22 bits per heavy atom. The summed E-state index contributed by atoms with van der Waals surface area (Å²) >= 11 is 5.87. The van der Waals surface area contributed by atoms with Crippen molar-refractivity contribution in [1.82, 2.24) is 34.5 Å². The summed E-state index contributed by atoms with van der Waals surface area (Å²) in [4.78, 5) is 8.22. The highest BCUT2D eigenvalue weighted by atomic mass is 35.5. The van der Waals surface area contributed by atoms with Crippen molar-refractivity contribution >= 4 is 27.6 Å². The number of rotatable bonds is 10. The fourth-order valence-electron chi connectivity index (χ4n) is 3.67. The van der Waals surface area contributed by atoms with E-state index in [2.05, 4.69) is 30.0 Å². The second kappa shape index (κ2) is 10.7. The quantitative estimate of drug-likeness (QED) is 0.313. The highest BCUT2D eigenvalue weighted by molar-refractivity contribution is 7.93. The summed E-state index contributed by atoms with van der Waals surface area (Å²) in [6.07, 6.45) is 3.47. The molecule has 0 saturated carbocycles. The number of hydrogen-bond donors (Lipinski definition) is 1. The third kappa shape index (κ3) is 5.21. The van der Waals surface area contributed by atoms with Crippen LogP contribution in [0.3, 0.4) is 0 Å². The van der Waals surface area contributed by atoms with Gasteiger partial charge in [0.1, 0.15) is 34.2 Å². The van der Waals surface area contributed by atoms with Gasteiger partial charge in [-0.15, -0.1) is 10.2 Å². The molecule has 0 saturated heterocycles. The molecule has 4 rings (SSSR count). The number of benzene rings is 1. The third-order valence-electron chi connectivity index (χ3n) is 5.53. The Hall–Kier alpha value is -3.75.